The first-order valence-corrected chi connectivity index (χ1v) is 7.32. The highest BCUT2D eigenvalue weighted by molar-refractivity contribution is 6.31. The number of nitrogens with one attached hydrogen (secondary N) is 1. The molecule has 0 amide bonds. The molecule has 102 valence electrons. The normalized spacial score (nSPS) is 11.1. The van der Waals surface area contributed by atoms with Gasteiger partial charge in [0.1, 0.15) is 0 Å². The van der Waals surface area contributed by atoms with Crippen molar-refractivity contribution in [2.24, 2.45) is 0 Å². The minimum absolute atomic E-state index is 0.851. The summed E-state index contributed by atoms with van der Waals surface area (Å²) in [5.74, 6) is 0. The lowest BCUT2D eigenvalue weighted by atomic mass is 10.2. The van der Waals surface area contributed by atoms with Gasteiger partial charge in [0.2, 0.25) is 0 Å². The van der Waals surface area contributed by atoms with Gasteiger partial charge >= 0.3 is 0 Å². The van der Waals surface area contributed by atoms with Gasteiger partial charge in [0.25, 0.3) is 0 Å². The quantitative estimate of drug-likeness (QED) is 0.689. The van der Waals surface area contributed by atoms with Crippen molar-refractivity contribution in [2.75, 3.05) is 26.2 Å². The first-order valence-electron chi connectivity index (χ1n) is 6.94. The predicted octanol–water partition coefficient (Wildman–Crippen LogP) is 3.55. The Morgan fingerprint density at radius 1 is 1.06 bits per heavy atom. The summed E-state index contributed by atoms with van der Waals surface area (Å²) in [5, 5.41) is 4.31. The zero-order valence-electron chi connectivity index (χ0n) is 11.6. The molecule has 0 saturated heterocycles. The average molecular weight is 269 g/mol. The van der Waals surface area contributed by atoms with Crippen molar-refractivity contribution in [2.45, 2.75) is 33.2 Å². The van der Waals surface area contributed by atoms with Gasteiger partial charge in [0.05, 0.1) is 0 Å². The van der Waals surface area contributed by atoms with Gasteiger partial charge in [-0.25, -0.2) is 0 Å². The third-order valence-corrected chi connectivity index (χ3v) is 3.33. The minimum atomic E-state index is 0.851. The van der Waals surface area contributed by atoms with Crippen LogP contribution in [0.2, 0.25) is 5.02 Å². The molecule has 0 saturated carbocycles. The van der Waals surface area contributed by atoms with Crippen LogP contribution in [0.3, 0.4) is 0 Å². The van der Waals surface area contributed by atoms with Gasteiger partial charge in [-0.1, -0.05) is 43.6 Å². The molecule has 0 aliphatic rings. The minimum Gasteiger partial charge on any atom is -0.311 e. The van der Waals surface area contributed by atoms with E-state index in [4.69, 9.17) is 11.6 Å². The van der Waals surface area contributed by atoms with E-state index in [-0.39, 0.29) is 0 Å². The average Bonchev–Trinajstić information content (AvgIpc) is 2.37. The molecule has 1 aromatic rings. The molecule has 1 N–H and O–H groups in total. The molecule has 0 aliphatic carbocycles. The fraction of sp³-hybridized carbons (Fsp3) is 0.600. The summed E-state index contributed by atoms with van der Waals surface area (Å²) in [5.41, 5.74) is 1.18. The van der Waals surface area contributed by atoms with Crippen molar-refractivity contribution >= 4 is 11.6 Å². The van der Waals surface area contributed by atoms with E-state index in [1.807, 2.05) is 18.2 Å². The van der Waals surface area contributed by atoms with E-state index in [1.54, 1.807) is 0 Å². The lowest BCUT2D eigenvalue weighted by Crippen LogP contribution is -2.33. The van der Waals surface area contributed by atoms with Crippen LogP contribution in [0.15, 0.2) is 24.3 Å². The topological polar surface area (TPSA) is 15.3 Å². The standard InChI is InChI=1S/C15H25ClN2/c1-3-10-18(11-4-2)12-9-17-13-14-7-5-6-8-15(14)16/h5-8,17H,3-4,9-13H2,1-2H3. The summed E-state index contributed by atoms with van der Waals surface area (Å²) in [7, 11) is 0. The second kappa shape index (κ2) is 9.37. The molecule has 0 radical (unpaired) electrons. The van der Waals surface area contributed by atoms with Crippen LogP contribution < -0.4 is 5.32 Å². The van der Waals surface area contributed by atoms with Crippen LogP contribution in [-0.4, -0.2) is 31.1 Å². The molecule has 0 unspecified atom stereocenters. The lowest BCUT2D eigenvalue weighted by molar-refractivity contribution is 0.274. The molecule has 18 heavy (non-hydrogen) atoms. The number of benzene rings is 1. The van der Waals surface area contributed by atoms with E-state index in [0.717, 1.165) is 24.7 Å². The number of halogens is 1. The van der Waals surface area contributed by atoms with Crippen molar-refractivity contribution in [3.8, 4) is 0 Å². The van der Waals surface area contributed by atoms with E-state index in [1.165, 1.54) is 31.5 Å². The molecule has 0 spiro atoms. The first kappa shape index (κ1) is 15.5. The van der Waals surface area contributed by atoms with E-state index < -0.39 is 0 Å². The van der Waals surface area contributed by atoms with Gasteiger partial charge in [-0.2, -0.15) is 0 Å². The maximum Gasteiger partial charge on any atom is 0.0450 e. The number of nitrogens with zero attached hydrogens (tertiary/aromatic N) is 1. The number of hydrogen-bond donors (Lipinski definition) is 1. The Hall–Kier alpha value is -0.570. The molecular weight excluding hydrogens is 244 g/mol. The molecule has 3 heteroatoms. The molecule has 0 aliphatic heterocycles. The monoisotopic (exact) mass is 268 g/mol. The zero-order chi connectivity index (χ0) is 13.2. The van der Waals surface area contributed by atoms with Crippen molar-refractivity contribution in [1.82, 2.24) is 10.2 Å². The summed E-state index contributed by atoms with van der Waals surface area (Å²) in [4.78, 5) is 2.51. The van der Waals surface area contributed by atoms with Gasteiger partial charge in [-0.3, -0.25) is 0 Å². The van der Waals surface area contributed by atoms with Gasteiger partial charge in [0, 0.05) is 24.7 Å². The van der Waals surface area contributed by atoms with Gasteiger partial charge < -0.3 is 10.2 Å². The maximum absolute atomic E-state index is 6.11. The van der Waals surface area contributed by atoms with E-state index >= 15 is 0 Å². The largest absolute Gasteiger partial charge is 0.311 e. The van der Waals surface area contributed by atoms with E-state index in [2.05, 4.69) is 30.1 Å². The third-order valence-electron chi connectivity index (χ3n) is 2.96. The summed E-state index contributed by atoms with van der Waals surface area (Å²) in [6, 6.07) is 8.02. The van der Waals surface area contributed by atoms with Crippen molar-refractivity contribution in [3.63, 3.8) is 0 Å². The Bertz CT molecular complexity index is 322. The lowest BCUT2D eigenvalue weighted by Gasteiger charge is -2.21. The first-order chi connectivity index (χ1) is 8.77. The highest BCUT2D eigenvalue weighted by atomic mass is 35.5. The molecule has 1 rings (SSSR count). The SMILES string of the molecule is CCCN(CCC)CCNCc1ccccc1Cl. The summed E-state index contributed by atoms with van der Waals surface area (Å²) in [6.45, 7) is 9.85. The zero-order valence-corrected chi connectivity index (χ0v) is 12.3. The Morgan fingerprint density at radius 2 is 1.72 bits per heavy atom. The molecule has 1 aromatic carbocycles. The second-order valence-corrected chi connectivity index (χ2v) is 5.02. The molecule has 0 heterocycles. The maximum atomic E-state index is 6.11. The van der Waals surface area contributed by atoms with Crippen molar-refractivity contribution in [1.29, 1.82) is 0 Å². The molecule has 2 nitrogen and oxygen atoms in total. The Balaban J connectivity index is 2.23. The number of hydrogen-bond acceptors (Lipinski definition) is 2. The van der Waals surface area contributed by atoms with Crippen LogP contribution in [0, 0.1) is 0 Å². The van der Waals surface area contributed by atoms with E-state index in [0.29, 0.717) is 0 Å². The fourth-order valence-corrected chi connectivity index (χ4v) is 2.27. The Kier molecular flexibility index (Phi) is 8.06. The highest BCUT2D eigenvalue weighted by Gasteiger charge is 2.02. The second-order valence-electron chi connectivity index (χ2n) is 4.61. The highest BCUT2D eigenvalue weighted by Crippen LogP contribution is 2.13. The van der Waals surface area contributed by atoms with Crippen LogP contribution in [0.4, 0.5) is 0 Å². The molecule has 0 aromatic heterocycles. The summed E-state index contributed by atoms with van der Waals surface area (Å²) < 4.78 is 0. The number of rotatable bonds is 9. The molecular formula is C15H25ClN2. The van der Waals surface area contributed by atoms with E-state index in [9.17, 15) is 0 Å². The molecule has 0 atom stereocenters. The van der Waals surface area contributed by atoms with Crippen molar-refractivity contribution in [3.05, 3.63) is 34.9 Å². The van der Waals surface area contributed by atoms with Gasteiger partial charge in [0.15, 0.2) is 0 Å². The summed E-state index contributed by atoms with van der Waals surface area (Å²) in [6.07, 6.45) is 2.45. The van der Waals surface area contributed by atoms with Gasteiger partial charge in [-0.15, -0.1) is 0 Å². The predicted molar refractivity (Wildman–Crippen MR) is 80.2 cm³/mol. The van der Waals surface area contributed by atoms with Crippen LogP contribution in [0.5, 0.6) is 0 Å². The van der Waals surface area contributed by atoms with Crippen LogP contribution >= 0.6 is 11.6 Å². The van der Waals surface area contributed by atoms with Crippen LogP contribution in [-0.2, 0) is 6.54 Å². The van der Waals surface area contributed by atoms with Crippen molar-refractivity contribution < 1.29 is 0 Å². The van der Waals surface area contributed by atoms with Crippen LogP contribution in [0.1, 0.15) is 32.3 Å². The summed E-state index contributed by atoms with van der Waals surface area (Å²) >= 11 is 6.11. The smallest absolute Gasteiger partial charge is 0.0450 e. The Morgan fingerprint density at radius 3 is 2.33 bits per heavy atom. The van der Waals surface area contributed by atoms with Gasteiger partial charge in [-0.05, 0) is 37.6 Å². The third kappa shape index (κ3) is 5.85. The Labute approximate surface area is 116 Å². The molecule has 0 fully saturated rings. The fourth-order valence-electron chi connectivity index (χ4n) is 2.07. The van der Waals surface area contributed by atoms with Crippen LogP contribution in [0.25, 0.3) is 0 Å². The molecule has 0 bridgehead atoms.